The molecule has 3 heterocycles. The Kier molecular flexibility index (Phi) is 6.69. The van der Waals surface area contributed by atoms with Crippen LogP contribution in [0.15, 0.2) is 48.8 Å². The molecule has 0 spiro atoms. The number of imidazole rings is 1. The molecular formula is C24H28FN5O3. The number of carbonyl (C=O) groups excluding carboxylic acids is 2. The number of ether oxygens (including phenoxy) is 1. The highest BCUT2D eigenvalue weighted by atomic mass is 19.1. The maximum atomic E-state index is 13.9. The summed E-state index contributed by atoms with van der Waals surface area (Å²) < 4.78 is 21.4. The van der Waals surface area contributed by atoms with Gasteiger partial charge in [0.1, 0.15) is 11.4 Å². The van der Waals surface area contributed by atoms with Gasteiger partial charge in [0.15, 0.2) is 5.65 Å². The molecule has 8 nitrogen and oxygen atoms in total. The van der Waals surface area contributed by atoms with Gasteiger partial charge in [0.25, 0.3) is 0 Å². The number of benzene rings is 1. The summed E-state index contributed by atoms with van der Waals surface area (Å²) in [5.41, 5.74) is 0.829. The molecule has 174 valence electrons. The van der Waals surface area contributed by atoms with E-state index in [0.717, 1.165) is 11.3 Å². The Labute approximate surface area is 191 Å². The molecule has 9 heteroatoms. The minimum Gasteiger partial charge on any atom is -0.379 e. The summed E-state index contributed by atoms with van der Waals surface area (Å²) in [6, 6.07) is 9.98. The molecule has 2 aromatic heterocycles. The van der Waals surface area contributed by atoms with Gasteiger partial charge in [-0.3, -0.25) is 9.59 Å². The molecule has 0 aliphatic carbocycles. The fourth-order valence-electron chi connectivity index (χ4n) is 4.10. The zero-order valence-corrected chi connectivity index (χ0v) is 18.8. The van der Waals surface area contributed by atoms with Crippen LogP contribution >= 0.6 is 0 Å². The lowest BCUT2D eigenvalue weighted by Gasteiger charge is -2.33. The lowest BCUT2D eigenvalue weighted by atomic mass is 9.99. The average molecular weight is 454 g/mol. The number of aromatic nitrogens is 3. The molecule has 1 fully saturated rings. The molecule has 3 aromatic rings. The molecule has 0 saturated carbocycles. The van der Waals surface area contributed by atoms with Crippen LogP contribution in [0.25, 0.3) is 5.65 Å². The van der Waals surface area contributed by atoms with Crippen LogP contribution in [0, 0.1) is 11.7 Å². The third kappa shape index (κ3) is 5.54. The van der Waals surface area contributed by atoms with E-state index < -0.39 is 17.3 Å². The lowest BCUT2D eigenvalue weighted by Crippen LogP contribution is -2.57. The predicted octanol–water partition coefficient (Wildman–Crippen LogP) is 2.02. The molecule has 1 aliphatic heterocycles. The van der Waals surface area contributed by atoms with E-state index >= 15 is 0 Å². The van der Waals surface area contributed by atoms with Crippen LogP contribution in [0.5, 0.6) is 0 Å². The van der Waals surface area contributed by atoms with Gasteiger partial charge in [0, 0.05) is 31.4 Å². The van der Waals surface area contributed by atoms with Gasteiger partial charge in [-0.25, -0.2) is 13.9 Å². The van der Waals surface area contributed by atoms with Gasteiger partial charge in [0.05, 0.1) is 25.3 Å². The van der Waals surface area contributed by atoms with Crippen LogP contribution in [0.3, 0.4) is 0 Å². The van der Waals surface area contributed by atoms with Crippen LogP contribution in [0.1, 0.15) is 25.1 Å². The number of hydrogen-bond donors (Lipinski definition) is 1. The largest absolute Gasteiger partial charge is 0.379 e. The van der Waals surface area contributed by atoms with Crippen molar-refractivity contribution in [1.29, 1.82) is 0 Å². The van der Waals surface area contributed by atoms with Crippen LogP contribution in [0.2, 0.25) is 0 Å². The van der Waals surface area contributed by atoms with Crippen molar-refractivity contribution in [3.8, 4) is 0 Å². The zero-order valence-electron chi connectivity index (χ0n) is 18.8. The summed E-state index contributed by atoms with van der Waals surface area (Å²) in [4.78, 5) is 31.8. The van der Waals surface area contributed by atoms with Gasteiger partial charge in [0.2, 0.25) is 11.8 Å². The van der Waals surface area contributed by atoms with Gasteiger partial charge in [-0.15, -0.1) is 0 Å². The first-order valence-electron chi connectivity index (χ1n) is 11.0. The topological polar surface area (TPSA) is 88.8 Å². The van der Waals surface area contributed by atoms with Gasteiger partial charge < -0.3 is 15.0 Å². The smallest absolute Gasteiger partial charge is 0.247 e. The summed E-state index contributed by atoms with van der Waals surface area (Å²) in [5.74, 6) is -0.974. The summed E-state index contributed by atoms with van der Waals surface area (Å²) in [5, 5.41) is 7.34. The van der Waals surface area contributed by atoms with Crippen LogP contribution < -0.4 is 5.32 Å². The number of hydrogen-bond acceptors (Lipinski definition) is 5. The normalized spacial score (nSPS) is 17.1. The molecule has 1 atom stereocenters. The number of nitrogens with zero attached hydrogens (tertiary/aromatic N) is 4. The van der Waals surface area contributed by atoms with Crippen molar-refractivity contribution >= 4 is 17.5 Å². The maximum absolute atomic E-state index is 13.9. The molecule has 1 N–H and O–H groups in total. The molecule has 4 rings (SSSR count). The fourth-order valence-corrected chi connectivity index (χ4v) is 4.10. The highest BCUT2D eigenvalue weighted by Gasteiger charge is 2.35. The first kappa shape index (κ1) is 22.8. The number of halogens is 1. The van der Waals surface area contributed by atoms with E-state index in [-0.39, 0.29) is 18.2 Å². The summed E-state index contributed by atoms with van der Waals surface area (Å²) in [6.07, 6.45) is 4.02. The summed E-state index contributed by atoms with van der Waals surface area (Å²) >= 11 is 0. The molecule has 1 aromatic carbocycles. The number of rotatable bonds is 6. The summed E-state index contributed by atoms with van der Waals surface area (Å²) in [6.45, 7) is 5.22. The standard InChI is InChI=1S/C24H28FN5O3/c1-24(2,27-22(31)14-18-5-3-4-6-20(18)25)23(32)29-11-12-33-16-17(15-29)13-19-7-8-21-26-9-10-30(21)28-19/h3-10,17H,11-16H2,1-2H3,(H,27,31)/t17-/m1/s1. The Bertz CT molecular complexity index is 1150. The third-order valence-corrected chi connectivity index (χ3v) is 5.73. The fraction of sp³-hybridized carbons (Fsp3) is 0.417. The van der Waals surface area contributed by atoms with Gasteiger partial charge in [-0.05, 0) is 44.0 Å². The Morgan fingerprint density at radius 2 is 2.06 bits per heavy atom. The Morgan fingerprint density at radius 1 is 1.24 bits per heavy atom. The van der Waals surface area contributed by atoms with E-state index in [2.05, 4.69) is 15.4 Å². The molecule has 0 bridgehead atoms. The number of fused-ring (bicyclic) bond motifs is 1. The zero-order chi connectivity index (χ0) is 23.4. The molecule has 2 amide bonds. The van der Waals surface area contributed by atoms with Gasteiger partial charge in [-0.2, -0.15) is 5.10 Å². The van der Waals surface area contributed by atoms with E-state index in [9.17, 15) is 14.0 Å². The Hall–Kier alpha value is -3.33. The molecule has 33 heavy (non-hydrogen) atoms. The average Bonchev–Trinajstić information content (AvgIpc) is 3.12. The van der Waals surface area contributed by atoms with Gasteiger partial charge in [-0.1, -0.05) is 18.2 Å². The number of nitrogens with one attached hydrogen (secondary N) is 1. The minimum atomic E-state index is -1.13. The number of carbonyl (C=O) groups is 2. The second-order valence-corrected chi connectivity index (χ2v) is 8.89. The van der Waals surface area contributed by atoms with Gasteiger partial charge >= 0.3 is 0 Å². The van der Waals surface area contributed by atoms with Crippen molar-refractivity contribution in [3.63, 3.8) is 0 Å². The second-order valence-electron chi connectivity index (χ2n) is 8.89. The Balaban J connectivity index is 1.39. The van der Waals surface area contributed by atoms with E-state index in [1.807, 2.05) is 12.1 Å². The monoisotopic (exact) mass is 453 g/mol. The van der Waals surface area contributed by atoms with E-state index in [1.54, 1.807) is 53.9 Å². The lowest BCUT2D eigenvalue weighted by molar-refractivity contribution is -0.140. The van der Waals surface area contributed by atoms with Crippen molar-refractivity contribution in [3.05, 3.63) is 65.9 Å². The second kappa shape index (κ2) is 9.66. The van der Waals surface area contributed by atoms with E-state index in [4.69, 9.17) is 4.74 Å². The van der Waals surface area contributed by atoms with E-state index in [0.29, 0.717) is 38.3 Å². The summed E-state index contributed by atoms with van der Waals surface area (Å²) in [7, 11) is 0. The highest BCUT2D eigenvalue weighted by Crippen LogP contribution is 2.17. The number of amides is 2. The Morgan fingerprint density at radius 3 is 2.88 bits per heavy atom. The van der Waals surface area contributed by atoms with Crippen LogP contribution in [-0.2, 0) is 27.2 Å². The van der Waals surface area contributed by atoms with Crippen molar-refractivity contribution in [1.82, 2.24) is 24.8 Å². The molecule has 0 radical (unpaired) electrons. The van der Waals surface area contributed by atoms with E-state index in [1.165, 1.54) is 6.07 Å². The third-order valence-electron chi connectivity index (χ3n) is 5.73. The van der Waals surface area contributed by atoms with Crippen LogP contribution in [-0.4, -0.2) is 63.2 Å². The predicted molar refractivity (Wildman–Crippen MR) is 120 cm³/mol. The first-order valence-corrected chi connectivity index (χ1v) is 11.0. The van der Waals surface area contributed by atoms with Crippen molar-refractivity contribution in [2.24, 2.45) is 5.92 Å². The highest BCUT2D eigenvalue weighted by molar-refractivity contribution is 5.91. The van der Waals surface area contributed by atoms with Crippen molar-refractivity contribution < 1.29 is 18.7 Å². The molecule has 1 saturated heterocycles. The SMILES string of the molecule is CC(C)(NC(=O)Cc1ccccc1F)C(=O)N1CCOC[C@H](Cc2ccc3nccn3n2)C1. The van der Waals surface area contributed by atoms with Crippen molar-refractivity contribution in [2.45, 2.75) is 32.2 Å². The first-order chi connectivity index (χ1) is 15.8. The molecular weight excluding hydrogens is 425 g/mol. The van der Waals surface area contributed by atoms with Crippen molar-refractivity contribution in [2.75, 3.05) is 26.3 Å². The minimum absolute atomic E-state index is 0.0647. The van der Waals surface area contributed by atoms with Crippen LogP contribution in [0.4, 0.5) is 4.39 Å². The quantitative estimate of drug-likeness (QED) is 0.617. The maximum Gasteiger partial charge on any atom is 0.247 e. The molecule has 1 aliphatic rings. The molecule has 0 unspecified atom stereocenters.